The molecule has 1 saturated heterocycles. The third kappa shape index (κ3) is 4.62. The van der Waals surface area contributed by atoms with E-state index in [-0.39, 0.29) is 5.91 Å². The molecule has 0 spiro atoms. The zero-order valence-electron chi connectivity index (χ0n) is 11.2. The number of nitrogens with one attached hydrogen (secondary N) is 2. The number of ether oxygens (including phenoxy) is 2. The lowest BCUT2D eigenvalue weighted by Gasteiger charge is -2.25. The van der Waals surface area contributed by atoms with E-state index in [4.69, 9.17) is 9.47 Å². The topological polar surface area (TPSA) is 76.7 Å². The Balaban J connectivity index is 2.52. The third-order valence-electron chi connectivity index (χ3n) is 2.75. The second kappa shape index (κ2) is 7.33. The molecule has 0 aromatic carbocycles. The number of esters is 1. The fourth-order valence-electron chi connectivity index (χ4n) is 1.83. The molecule has 1 rings (SSSR count). The summed E-state index contributed by atoms with van der Waals surface area (Å²) in [6, 6.07) is -0.982. The smallest absolute Gasteiger partial charge is 0.328 e. The maximum Gasteiger partial charge on any atom is 0.328 e. The maximum atomic E-state index is 11.9. The first-order valence-electron chi connectivity index (χ1n) is 6.24. The van der Waals surface area contributed by atoms with Gasteiger partial charge in [0.1, 0.15) is 12.1 Å². The van der Waals surface area contributed by atoms with Gasteiger partial charge in [0.15, 0.2) is 0 Å². The molecular formula is C12H22N2O4. The van der Waals surface area contributed by atoms with E-state index < -0.39 is 18.1 Å². The van der Waals surface area contributed by atoms with Crippen LogP contribution in [0.3, 0.4) is 0 Å². The van der Waals surface area contributed by atoms with Crippen LogP contribution in [0.1, 0.15) is 20.3 Å². The first kappa shape index (κ1) is 14.9. The van der Waals surface area contributed by atoms with Crippen LogP contribution in [0.2, 0.25) is 0 Å². The molecule has 18 heavy (non-hydrogen) atoms. The molecule has 2 atom stereocenters. The molecule has 6 heteroatoms. The Morgan fingerprint density at radius 2 is 2.22 bits per heavy atom. The van der Waals surface area contributed by atoms with Gasteiger partial charge in [-0.25, -0.2) is 4.79 Å². The van der Waals surface area contributed by atoms with Gasteiger partial charge in [-0.1, -0.05) is 13.8 Å². The Morgan fingerprint density at radius 1 is 1.50 bits per heavy atom. The summed E-state index contributed by atoms with van der Waals surface area (Å²) >= 11 is 0. The van der Waals surface area contributed by atoms with Gasteiger partial charge in [0.25, 0.3) is 0 Å². The van der Waals surface area contributed by atoms with Crippen molar-refractivity contribution in [3.63, 3.8) is 0 Å². The van der Waals surface area contributed by atoms with E-state index in [0.29, 0.717) is 32.1 Å². The molecule has 1 aliphatic rings. The Hall–Kier alpha value is -1.14. The molecule has 0 saturated carbocycles. The van der Waals surface area contributed by atoms with Crippen LogP contribution in [0.4, 0.5) is 0 Å². The zero-order valence-corrected chi connectivity index (χ0v) is 11.2. The number of carbonyl (C=O) groups excluding carboxylic acids is 2. The van der Waals surface area contributed by atoms with Gasteiger partial charge in [-0.2, -0.15) is 0 Å². The van der Waals surface area contributed by atoms with E-state index in [2.05, 4.69) is 10.6 Å². The predicted molar refractivity (Wildman–Crippen MR) is 66.0 cm³/mol. The lowest BCUT2D eigenvalue weighted by molar-refractivity contribution is -0.146. The SMILES string of the molecule is COC(=O)C(CC(C)C)NC(=O)C1COCCN1. The quantitative estimate of drug-likeness (QED) is 0.661. The Morgan fingerprint density at radius 3 is 2.72 bits per heavy atom. The molecule has 2 unspecified atom stereocenters. The molecule has 1 aliphatic heterocycles. The molecule has 0 aromatic rings. The Labute approximate surface area is 107 Å². The summed E-state index contributed by atoms with van der Waals surface area (Å²) in [6.07, 6.45) is 0.561. The number of rotatable bonds is 5. The minimum Gasteiger partial charge on any atom is -0.467 e. The van der Waals surface area contributed by atoms with E-state index in [1.165, 1.54) is 7.11 Å². The number of carbonyl (C=O) groups is 2. The molecule has 104 valence electrons. The zero-order chi connectivity index (χ0) is 13.5. The summed E-state index contributed by atoms with van der Waals surface area (Å²) < 4.78 is 9.91. The lowest BCUT2D eigenvalue weighted by atomic mass is 10.0. The monoisotopic (exact) mass is 258 g/mol. The van der Waals surface area contributed by atoms with Crippen LogP contribution >= 0.6 is 0 Å². The maximum absolute atomic E-state index is 11.9. The minimum absolute atomic E-state index is 0.217. The van der Waals surface area contributed by atoms with Gasteiger partial charge in [0.2, 0.25) is 5.91 Å². The van der Waals surface area contributed by atoms with Crippen molar-refractivity contribution in [3.05, 3.63) is 0 Å². The second-order valence-electron chi connectivity index (χ2n) is 4.80. The summed E-state index contributed by atoms with van der Waals surface area (Å²) in [6.45, 7) is 5.57. The third-order valence-corrected chi connectivity index (χ3v) is 2.75. The summed E-state index contributed by atoms with van der Waals surface area (Å²) in [5.74, 6) is -0.329. The molecule has 0 aliphatic carbocycles. The molecular weight excluding hydrogens is 236 g/mol. The van der Waals surface area contributed by atoms with Crippen LogP contribution in [0.25, 0.3) is 0 Å². The van der Waals surface area contributed by atoms with Crippen LogP contribution in [0.15, 0.2) is 0 Å². The fraction of sp³-hybridized carbons (Fsp3) is 0.833. The van der Waals surface area contributed by atoms with Crippen LogP contribution < -0.4 is 10.6 Å². The summed E-state index contributed by atoms with van der Waals surface area (Å²) in [7, 11) is 1.32. The number of amides is 1. The predicted octanol–water partition coefficient (Wildman–Crippen LogP) is -0.321. The number of morpholine rings is 1. The van der Waals surface area contributed by atoms with Gasteiger partial charge in [-0.15, -0.1) is 0 Å². The molecule has 1 fully saturated rings. The minimum atomic E-state index is -0.591. The van der Waals surface area contributed by atoms with Crippen molar-refractivity contribution in [1.82, 2.24) is 10.6 Å². The van der Waals surface area contributed by atoms with Gasteiger partial charge < -0.3 is 20.1 Å². The molecule has 6 nitrogen and oxygen atoms in total. The highest BCUT2D eigenvalue weighted by molar-refractivity contribution is 5.87. The number of hydrogen-bond donors (Lipinski definition) is 2. The van der Waals surface area contributed by atoms with Gasteiger partial charge in [0.05, 0.1) is 20.3 Å². The first-order chi connectivity index (χ1) is 8.54. The second-order valence-corrected chi connectivity index (χ2v) is 4.80. The summed E-state index contributed by atoms with van der Waals surface area (Å²) in [4.78, 5) is 23.5. The van der Waals surface area contributed by atoms with Crippen LogP contribution in [0.5, 0.6) is 0 Å². The van der Waals surface area contributed by atoms with E-state index in [1.54, 1.807) is 0 Å². The standard InChI is InChI=1S/C12H22N2O4/c1-8(2)6-9(12(16)17-3)14-11(15)10-7-18-5-4-13-10/h8-10,13H,4-7H2,1-3H3,(H,14,15). The van der Waals surface area contributed by atoms with Crippen LogP contribution in [0, 0.1) is 5.92 Å². The van der Waals surface area contributed by atoms with Gasteiger partial charge in [-0.3, -0.25) is 4.79 Å². The van der Waals surface area contributed by atoms with Crippen molar-refractivity contribution in [3.8, 4) is 0 Å². The van der Waals surface area contributed by atoms with E-state index in [1.807, 2.05) is 13.8 Å². The fourth-order valence-corrected chi connectivity index (χ4v) is 1.83. The average Bonchev–Trinajstić information content (AvgIpc) is 2.37. The highest BCUT2D eigenvalue weighted by atomic mass is 16.5. The van der Waals surface area contributed by atoms with Crippen molar-refractivity contribution in [2.45, 2.75) is 32.4 Å². The van der Waals surface area contributed by atoms with Gasteiger partial charge in [-0.05, 0) is 12.3 Å². The van der Waals surface area contributed by atoms with Crippen LogP contribution in [-0.2, 0) is 19.1 Å². The lowest BCUT2D eigenvalue weighted by Crippen LogP contribution is -2.55. The summed E-state index contributed by atoms with van der Waals surface area (Å²) in [5.41, 5.74) is 0. The van der Waals surface area contributed by atoms with E-state index >= 15 is 0 Å². The molecule has 1 heterocycles. The summed E-state index contributed by atoms with van der Waals surface area (Å²) in [5, 5.41) is 5.76. The number of methoxy groups -OCH3 is 1. The van der Waals surface area contributed by atoms with Crippen molar-refractivity contribution < 1.29 is 19.1 Å². The molecule has 0 radical (unpaired) electrons. The van der Waals surface area contributed by atoms with Crippen molar-refractivity contribution in [2.24, 2.45) is 5.92 Å². The highest BCUT2D eigenvalue weighted by Gasteiger charge is 2.27. The van der Waals surface area contributed by atoms with E-state index in [9.17, 15) is 9.59 Å². The molecule has 1 amide bonds. The van der Waals surface area contributed by atoms with Crippen molar-refractivity contribution >= 4 is 11.9 Å². The van der Waals surface area contributed by atoms with Gasteiger partial charge >= 0.3 is 5.97 Å². The Kier molecular flexibility index (Phi) is 6.07. The Bertz CT molecular complexity index is 288. The van der Waals surface area contributed by atoms with Crippen LogP contribution in [-0.4, -0.2) is 50.8 Å². The molecule has 0 aromatic heterocycles. The molecule has 2 N–H and O–H groups in total. The first-order valence-corrected chi connectivity index (χ1v) is 6.24. The van der Waals surface area contributed by atoms with Crippen molar-refractivity contribution in [2.75, 3.05) is 26.9 Å². The number of hydrogen-bond acceptors (Lipinski definition) is 5. The van der Waals surface area contributed by atoms with E-state index in [0.717, 1.165) is 0 Å². The highest BCUT2D eigenvalue weighted by Crippen LogP contribution is 2.07. The average molecular weight is 258 g/mol. The van der Waals surface area contributed by atoms with Crippen molar-refractivity contribution in [1.29, 1.82) is 0 Å². The normalized spacial score (nSPS) is 21.4. The molecule has 0 bridgehead atoms. The largest absolute Gasteiger partial charge is 0.467 e. The van der Waals surface area contributed by atoms with Gasteiger partial charge in [0, 0.05) is 6.54 Å².